The fourth-order valence-electron chi connectivity index (χ4n) is 1.50. The summed E-state index contributed by atoms with van der Waals surface area (Å²) < 4.78 is 5.56. The summed E-state index contributed by atoms with van der Waals surface area (Å²) in [6.07, 6.45) is 0. The minimum atomic E-state index is 0. The highest BCUT2D eigenvalue weighted by Crippen LogP contribution is 1.99. The number of nitrogens with one attached hydrogen (secondary N) is 2. The topological polar surface area (TPSA) is 45.7 Å². The van der Waals surface area contributed by atoms with Crippen LogP contribution in [-0.4, -0.2) is 32.2 Å². The molecule has 4 nitrogen and oxygen atoms in total. The van der Waals surface area contributed by atoms with Crippen molar-refractivity contribution in [3.8, 4) is 0 Å². The van der Waals surface area contributed by atoms with Crippen molar-refractivity contribution in [1.82, 2.24) is 10.6 Å². The van der Waals surface area contributed by atoms with Crippen LogP contribution in [0.2, 0.25) is 0 Å². The molecule has 0 saturated carbocycles. The lowest BCUT2D eigenvalue weighted by molar-refractivity contribution is 0.128. The van der Waals surface area contributed by atoms with Crippen LogP contribution in [0.15, 0.2) is 35.3 Å². The first kappa shape index (κ1) is 18.2. The molecule has 0 atom stereocenters. The third-order valence-corrected chi connectivity index (χ3v) is 2.31. The molecule has 0 aromatic heterocycles. The number of hydrogen-bond donors (Lipinski definition) is 2. The molecule has 0 aliphatic rings. The van der Waals surface area contributed by atoms with E-state index >= 15 is 0 Å². The van der Waals surface area contributed by atoms with Crippen LogP contribution in [0.3, 0.4) is 0 Å². The van der Waals surface area contributed by atoms with E-state index in [0.29, 0.717) is 19.8 Å². The summed E-state index contributed by atoms with van der Waals surface area (Å²) in [5, 5.41) is 6.35. The zero-order valence-electron chi connectivity index (χ0n) is 11.7. The van der Waals surface area contributed by atoms with Gasteiger partial charge in [-0.25, -0.2) is 0 Å². The minimum absolute atomic E-state index is 0. The Balaban J connectivity index is 0.00000324. The molecule has 2 N–H and O–H groups in total. The largest absolute Gasteiger partial charge is 0.375 e. The molecule has 1 aromatic carbocycles. The molecule has 1 aromatic rings. The average Bonchev–Trinajstić information content (AvgIpc) is 2.40. The van der Waals surface area contributed by atoms with Crippen molar-refractivity contribution >= 4 is 29.9 Å². The van der Waals surface area contributed by atoms with Crippen molar-refractivity contribution in [2.75, 3.05) is 26.2 Å². The lowest BCUT2D eigenvalue weighted by Crippen LogP contribution is -2.37. The van der Waals surface area contributed by atoms with Gasteiger partial charge in [0, 0.05) is 13.1 Å². The van der Waals surface area contributed by atoms with Gasteiger partial charge in [-0.3, -0.25) is 4.99 Å². The fourth-order valence-corrected chi connectivity index (χ4v) is 1.50. The van der Waals surface area contributed by atoms with Crippen LogP contribution >= 0.6 is 24.0 Å². The predicted octanol–water partition coefficient (Wildman–Crippen LogP) is 2.40. The van der Waals surface area contributed by atoms with Gasteiger partial charge in [-0.15, -0.1) is 24.0 Å². The van der Waals surface area contributed by atoms with E-state index in [1.54, 1.807) is 0 Å². The maximum absolute atomic E-state index is 5.56. The molecule has 19 heavy (non-hydrogen) atoms. The molecule has 0 unspecified atom stereocenters. The van der Waals surface area contributed by atoms with Crippen molar-refractivity contribution in [2.24, 2.45) is 4.99 Å². The fraction of sp³-hybridized carbons (Fsp3) is 0.500. The molecule has 0 aliphatic carbocycles. The highest BCUT2D eigenvalue weighted by atomic mass is 127. The van der Waals surface area contributed by atoms with Crippen molar-refractivity contribution in [1.29, 1.82) is 0 Å². The molecule has 0 saturated heterocycles. The molecule has 0 bridgehead atoms. The number of aliphatic imine (C=N–C) groups is 1. The second-order valence-corrected chi connectivity index (χ2v) is 3.83. The van der Waals surface area contributed by atoms with E-state index in [2.05, 4.69) is 41.6 Å². The molecule has 0 heterocycles. The average molecular weight is 377 g/mol. The summed E-state index contributed by atoms with van der Waals surface area (Å²) in [7, 11) is 0. The Labute approximate surface area is 133 Å². The van der Waals surface area contributed by atoms with Gasteiger partial charge in [0.05, 0.1) is 19.8 Å². The summed E-state index contributed by atoms with van der Waals surface area (Å²) in [4.78, 5) is 4.40. The van der Waals surface area contributed by atoms with Gasteiger partial charge < -0.3 is 15.4 Å². The van der Waals surface area contributed by atoms with Crippen molar-refractivity contribution in [3.63, 3.8) is 0 Å². The Morgan fingerprint density at radius 2 is 1.74 bits per heavy atom. The van der Waals surface area contributed by atoms with Crippen LogP contribution < -0.4 is 10.6 Å². The molecular formula is C14H24IN3O. The van der Waals surface area contributed by atoms with Crippen LogP contribution in [0.25, 0.3) is 0 Å². The molecule has 0 amide bonds. The standard InChI is InChI=1S/C14H23N3O.HI/c1-3-15-14(16-4-2)17-10-11-18-12-13-8-6-5-7-9-13;/h5-9H,3-4,10-12H2,1-2H3,(H2,15,16,17);1H. The first-order valence-electron chi connectivity index (χ1n) is 6.50. The molecule has 0 spiro atoms. The third kappa shape index (κ3) is 8.83. The number of ether oxygens (including phenoxy) is 1. The van der Waals surface area contributed by atoms with E-state index in [1.807, 2.05) is 18.2 Å². The number of guanidine groups is 1. The summed E-state index contributed by atoms with van der Waals surface area (Å²) in [5.74, 6) is 0.850. The van der Waals surface area contributed by atoms with E-state index in [9.17, 15) is 0 Å². The molecule has 1 rings (SSSR count). The molecule has 0 radical (unpaired) electrons. The highest BCUT2D eigenvalue weighted by Gasteiger charge is 1.94. The van der Waals surface area contributed by atoms with Crippen LogP contribution in [0.4, 0.5) is 0 Å². The maximum atomic E-state index is 5.56. The number of benzene rings is 1. The Hall–Kier alpha value is -0.820. The molecule has 0 fully saturated rings. The third-order valence-electron chi connectivity index (χ3n) is 2.31. The van der Waals surface area contributed by atoms with Gasteiger partial charge in [-0.05, 0) is 19.4 Å². The van der Waals surface area contributed by atoms with Crippen molar-refractivity contribution in [3.05, 3.63) is 35.9 Å². The van der Waals surface area contributed by atoms with Crippen LogP contribution in [0, 0.1) is 0 Å². The highest BCUT2D eigenvalue weighted by molar-refractivity contribution is 14.0. The monoisotopic (exact) mass is 377 g/mol. The number of halogens is 1. The Kier molecular flexibility index (Phi) is 11.7. The molecule has 0 aliphatic heterocycles. The van der Waals surface area contributed by atoms with Gasteiger partial charge in [0.25, 0.3) is 0 Å². The van der Waals surface area contributed by atoms with Crippen molar-refractivity contribution < 1.29 is 4.74 Å². The van der Waals surface area contributed by atoms with Crippen LogP contribution in [0.1, 0.15) is 19.4 Å². The predicted molar refractivity (Wildman–Crippen MR) is 91.2 cm³/mol. The van der Waals surface area contributed by atoms with E-state index in [4.69, 9.17) is 4.74 Å². The number of nitrogens with zero attached hydrogens (tertiary/aromatic N) is 1. The summed E-state index contributed by atoms with van der Waals surface area (Å²) in [6, 6.07) is 10.2. The summed E-state index contributed by atoms with van der Waals surface area (Å²) in [6.45, 7) is 7.80. The Morgan fingerprint density at radius 1 is 1.11 bits per heavy atom. The van der Waals surface area contributed by atoms with E-state index in [0.717, 1.165) is 19.0 Å². The lowest BCUT2D eigenvalue weighted by atomic mass is 10.2. The smallest absolute Gasteiger partial charge is 0.191 e. The first-order valence-corrected chi connectivity index (χ1v) is 6.50. The minimum Gasteiger partial charge on any atom is -0.375 e. The second kappa shape index (κ2) is 12.2. The maximum Gasteiger partial charge on any atom is 0.191 e. The van der Waals surface area contributed by atoms with Crippen LogP contribution in [0.5, 0.6) is 0 Å². The Bertz CT molecular complexity index is 336. The van der Waals surface area contributed by atoms with Gasteiger partial charge in [0.15, 0.2) is 5.96 Å². The molecule has 108 valence electrons. The zero-order chi connectivity index (χ0) is 13.1. The zero-order valence-corrected chi connectivity index (χ0v) is 14.0. The number of rotatable bonds is 7. The lowest BCUT2D eigenvalue weighted by Gasteiger charge is -2.09. The molecular weight excluding hydrogens is 353 g/mol. The van der Waals surface area contributed by atoms with E-state index in [-0.39, 0.29) is 24.0 Å². The second-order valence-electron chi connectivity index (χ2n) is 3.83. The quantitative estimate of drug-likeness (QED) is 0.332. The van der Waals surface area contributed by atoms with Gasteiger partial charge >= 0.3 is 0 Å². The normalized spacial score (nSPS) is 9.37. The van der Waals surface area contributed by atoms with Gasteiger partial charge in [0.1, 0.15) is 0 Å². The van der Waals surface area contributed by atoms with E-state index in [1.165, 1.54) is 5.56 Å². The van der Waals surface area contributed by atoms with Crippen LogP contribution in [-0.2, 0) is 11.3 Å². The molecule has 5 heteroatoms. The van der Waals surface area contributed by atoms with Gasteiger partial charge in [0.2, 0.25) is 0 Å². The van der Waals surface area contributed by atoms with Gasteiger partial charge in [-0.1, -0.05) is 30.3 Å². The first-order chi connectivity index (χ1) is 8.86. The summed E-state index contributed by atoms with van der Waals surface area (Å²) in [5.41, 5.74) is 1.19. The Morgan fingerprint density at radius 3 is 2.32 bits per heavy atom. The van der Waals surface area contributed by atoms with Gasteiger partial charge in [-0.2, -0.15) is 0 Å². The SMILES string of the molecule is CCNC(=NCCOCc1ccccc1)NCC.I. The number of hydrogen-bond acceptors (Lipinski definition) is 2. The summed E-state index contributed by atoms with van der Waals surface area (Å²) >= 11 is 0. The van der Waals surface area contributed by atoms with Crippen molar-refractivity contribution in [2.45, 2.75) is 20.5 Å². The van der Waals surface area contributed by atoms with E-state index < -0.39 is 0 Å².